The van der Waals surface area contributed by atoms with Crippen molar-refractivity contribution < 1.29 is 10.2 Å². The molecule has 0 amide bonds. The molecule has 0 fully saturated rings. The molecule has 4 rings (SSSR count). The minimum atomic E-state index is -1.91. The molecular weight excluding hydrogens is 463 g/mol. The summed E-state index contributed by atoms with van der Waals surface area (Å²) < 4.78 is -0.665. The molecule has 0 saturated heterocycles. The van der Waals surface area contributed by atoms with Crippen molar-refractivity contribution in [3.63, 3.8) is 0 Å². The van der Waals surface area contributed by atoms with Gasteiger partial charge in [0.25, 0.3) is 0 Å². The summed E-state index contributed by atoms with van der Waals surface area (Å²) in [6.45, 7) is 3.78. The lowest BCUT2D eigenvalue weighted by molar-refractivity contribution is 0.390. The maximum absolute atomic E-state index is 11.0. The third kappa shape index (κ3) is 1.72. The van der Waals surface area contributed by atoms with E-state index in [2.05, 4.69) is 0 Å². The number of rotatable bonds is 1. The lowest BCUT2D eigenvalue weighted by Gasteiger charge is -2.32. The molecule has 0 aliphatic heterocycles. The first-order valence-corrected chi connectivity index (χ1v) is 9.76. The third-order valence-electron chi connectivity index (χ3n) is 5.29. The van der Waals surface area contributed by atoms with Gasteiger partial charge in [0.2, 0.25) is 11.8 Å². The Morgan fingerprint density at radius 3 is 1.77 bits per heavy atom. The summed E-state index contributed by atoms with van der Waals surface area (Å²) in [5.41, 5.74) is 2.47. The fourth-order valence-corrected chi connectivity index (χ4v) is 6.44. The zero-order valence-electron chi connectivity index (χ0n) is 13.3. The predicted octanol–water partition coefficient (Wildman–Crippen LogP) is 6.26. The van der Waals surface area contributed by atoms with Crippen LogP contribution in [0.1, 0.15) is 22.3 Å². The number of hydrogen-bond acceptors (Lipinski definition) is 2. The number of allylic oxidation sites excluding steroid dienone is 2. The standard InChI is InChI=1S/C17H11Cl6NO2/c1-6-4-3-5-8(7(6)2)24-13(25)9-10(14(24)26)16(21)12(19)11(18)15(9,20)17(16,22)23/h3-5,25-26H,1-2H3/t15-,16+. The molecule has 138 valence electrons. The van der Waals surface area contributed by atoms with Crippen LogP contribution in [-0.2, 0) is 9.75 Å². The molecule has 0 saturated carbocycles. The van der Waals surface area contributed by atoms with E-state index in [0.717, 1.165) is 11.1 Å². The molecule has 2 bridgehead atoms. The van der Waals surface area contributed by atoms with Gasteiger partial charge in [0.05, 0.1) is 26.9 Å². The molecule has 26 heavy (non-hydrogen) atoms. The van der Waals surface area contributed by atoms with Crippen molar-refractivity contribution in [2.45, 2.75) is 27.9 Å². The molecular formula is C17H11Cl6NO2. The summed E-state index contributed by atoms with van der Waals surface area (Å²) in [7, 11) is 0. The first kappa shape index (κ1) is 18.9. The zero-order chi connectivity index (χ0) is 19.4. The van der Waals surface area contributed by atoms with Crippen LogP contribution in [0.4, 0.5) is 0 Å². The molecule has 2 aliphatic carbocycles. The SMILES string of the molecule is Cc1cccc(-n2c(O)c3c(c2O)[C@@]2(Cl)C(Cl)=C(Cl)[C@]3(Cl)C2(Cl)Cl)c1C. The predicted molar refractivity (Wildman–Crippen MR) is 107 cm³/mol. The first-order valence-electron chi connectivity index (χ1n) is 7.50. The highest BCUT2D eigenvalue weighted by Crippen LogP contribution is 2.80. The first-order chi connectivity index (χ1) is 11.9. The number of halogens is 6. The van der Waals surface area contributed by atoms with Gasteiger partial charge in [0, 0.05) is 0 Å². The summed E-state index contributed by atoms with van der Waals surface area (Å²) in [6.07, 6.45) is 0. The third-order valence-corrected chi connectivity index (χ3v) is 9.37. The van der Waals surface area contributed by atoms with Crippen LogP contribution in [-0.4, -0.2) is 19.1 Å². The lowest BCUT2D eigenvalue weighted by Crippen LogP contribution is -2.40. The van der Waals surface area contributed by atoms with Crippen LogP contribution in [0, 0.1) is 13.8 Å². The molecule has 1 heterocycles. The average Bonchev–Trinajstić information content (AvgIpc) is 2.95. The van der Waals surface area contributed by atoms with Crippen molar-refractivity contribution in [3.8, 4) is 17.4 Å². The van der Waals surface area contributed by atoms with Crippen molar-refractivity contribution in [3.05, 3.63) is 50.5 Å². The van der Waals surface area contributed by atoms with Gasteiger partial charge in [-0.15, -0.1) is 23.2 Å². The zero-order valence-corrected chi connectivity index (χ0v) is 17.9. The fraction of sp³-hybridized carbons (Fsp3) is 0.294. The molecule has 0 spiro atoms. The van der Waals surface area contributed by atoms with E-state index < -0.39 is 14.1 Å². The molecule has 0 unspecified atom stereocenters. The number of nitrogens with zero attached hydrogens (tertiary/aromatic N) is 1. The van der Waals surface area contributed by atoms with Gasteiger partial charge in [-0.05, 0) is 31.0 Å². The maximum atomic E-state index is 11.0. The van der Waals surface area contributed by atoms with Gasteiger partial charge in [-0.2, -0.15) is 0 Å². The lowest BCUT2D eigenvalue weighted by atomic mass is 10.00. The highest BCUT2D eigenvalue weighted by atomic mass is 35.5. The molecule has 0 radical (unpaired) electrons. The largest absolute Gasteiger partial charge is 0.494 e. The molecule has 1 aromatic carbocycles. The summed E-state index contributed by atoms with van der Waals surface area (Å²) in [4.78, 5) is -3.59. The smallest absolute Gasteiger partial charge is 0.204 e. The maximum Gasteiger partial charge on any atom is 0.204 e. The summed E-state index contributed by atoms with van der Waals surface area (Å²) >= 11 is 38.9. The Balaban J connectivity index is 2.13. The van der Waals surface area contributed by atoms with Gasteiger partial charge in [-0.25, -0.2) is 0 Å². The number of aryl methyl sites for hydroxylation is 1. The second-order valence-electron chi connectivity index (χ2n) is 6.47. The fourth-order valence-electron chi connectivity index (χ4n) is 3.76. The van der Waals surface area contributed by atoms with E-state index in [-0.39, 0.29) is 33.0 Å². The Morgan fingerprint density at radius 1 is 0.846 bits per heavy atom. The second kappa shape index (κ2) is 5.34. The monoisotopic (exact) mass is 471 g/mol. The number of aromatic hydroxyl groups is 2. The molecule has 2 atom stereocenters. The second-order valence-corrected chi connectivity index (χ2v) is 9.69. The van der Waals surface area contributed by atoms with Crippen LogP contribution in [0.25, 0.3) is 5.69 Å². The molecule has 1 aromatic heterocycles. The van der Waals surface area contributed by atoms with Crippen LogP contribution < -0.4 is 0 Å². The quantitative estimate of drug-likeness (QED) is 0.480. The normalized spacial score (nSPS) is 28.8. The van der Waals surface area contributed by atoms with E-state index >= 15 is 0 Å². The highest BCUT2D eigenvalue weighted by Gasteiger charge is 2.80. The Hall–Kier alpha value is -0.420. The highest BCUT2D eigenvalue weighted by molar-refractivity contribution is 6.65. The molecule has 3 nitrogen and oxygen atoms in total. The number of hydrogen-bond donors (Lipinski definition) is 2. The van der Waals surface area contributed by atoms with Gasteiger partial charge in [0.1, 0.15) is 9.75 Å². The number of alkyl halides is 4. The van der Waals surface area contributed by atoms with Crippen LogP contribution in [0.3, 0.4) is 0 Å². The number of benzene rings is 1. The topological polar surface area (TPSA) is 45.4 Å². The Bertz CT molecular complexity index is 975. The van der Waals surface area contributed by atoms with Gasteiger partial charge in [-0.3, -0.25) is 4.57 Å². The van der Waals surface area contributed by atoms with E-state index in [1.54, 1.807) is 12.1 Å². The van der Waals surface area contributed by atoms with E-state index in [0.29, 0.717) is 5.69 Å². The summed E-state index contributed by atoms with van der Waals surface area (Å²) in [5.74, 6) is -0.701. The van der Waals surface area contributed by atoms with Crippen molar-refractivity contribution in [2.75, 3.05) is 0 Å². The Labute approximate surface area is 179 Å². The Kier molecular flexibility index (Phi) is 3.89. The van der Waals surface area contributed by atoms with Crippen molar-refractivity contribution >= 4 is 69.6 Å². The molecule has 2 aromatic rings. The van der Waals surface area contributed by atoms with Crippen LogP contribution in [0.2, 0.25) is 0 Å². The summed E-state index contributed by atoms with van der Waals surface area (Å²) in [5, 5.41) is 21.7. The molecule has 9 heteroatoms. The van der Waals surface area contributed by atoms with Crippen molar-refractivity contribution in [1.82, 2.24) is 4.57 Å². The number of fused-ring (bicyclic) bond motifs is 5. The minimum absolute atomic E-state index is 0.0481. The minimum Gasteiger partial charge on any atom is -0.494 e. The van der Waals surface area contributed by atoms with Crippen LogP contribution in [0.15, 0.2) is 28.3 Å². The molecule has 2 N–H and O–H groups in total. The van der Waals surface area contributed by atoms with E-state index in [4.69, 9.17) is 69.6 Å². The Morgan fingerprint density at radius 2 is 1.31 bits per heavy atom. The van der Waals surface area contributed by atoms with Gasteiger partial charge < -0.3 is 10.2 Å². The van der Waals surface area contributed by atoms with Crippen molar-refractivity contribution in [2.24, 2.45) is 0 Å². The molecule has 2 aliphatic rings. The number of aromatic nitrogens is 1. The van der Waals surface area contributed by atoms with Gasteiger partial charge >= 0.3 is 0 Å². The van der Waals surface area contributed by atoms with Crippen molar-refractivity contribution in [1.29, 1.82) is 0 Å². The van der Waals surface area contributed by atoms with Crippen LogP contribution in [0.5, 0.6) is 11.8 Å². The van der Waals surface area contributed by atoms with Crippen LogP contribution >= 0.6 is 69.6 Å². The van der Waals surface area contributed by atoms with E-state index in [9.17, 15) is 10.2 Å². The van der Waals surface area contributed by atoms with E-state index in [1.165, 1.54) is 4.57 Å². The van der Waals surface area contributed by atoms with Gasteiger partial charge in [-0.1, -0.05) is 58.5 Å². The summed E-state index contributed by atoms with van der Waals surface area (Å²) in [6, 6.07) is 5.46. The van der Waals surface area contributed by atoms with Gasteiger partial charge in [0.15, 0.2) is 4.33 Å². The average molecular weight is 474 g/mol. The van der Waals surface area contributed by atoms with E-state index in [1.807, 2.05) is 19.9 Å².